The van der Waals surface area contributed by atoms with Gasteiger partial charge in [0.25, 0.3) is 5.91 Å². The van der Waals surface area contributed by atoms with Gasteiger partial charge in [-0.3, -0.25) is 4.79 Å². The maximum absolute atomic E-state index is 12.5. The van der Waals surface area contributed by atoms with Crippen molar-refractivity contribution >= 4 is 15.7 Å². The molecule has 1 aliphatic heterocycles. The van der Waals surface area contributed by atoms with Gasteiger partial charge in [0.15, 0.2) is 9.84 Å². The highest BCUT2D eigenvalue weighted by Crippen LogP contribution is 2.19. The number of benzene rings is 1. The molecular formula is C14H20N2O3S. The first-order chi connectivity index (χ1) is 9.30. The molecule has 1 heterocycles. The molecule has 5 nitrogen and oxygen atoms in total. The number of hydrogen-bond donors (Lipinski definition) is 1. The number of carbonyl (C=O) groups excluding carboxylic acids is 1. The fourth-order valence-electron chi connectivity index (χ4n) is 2.44. The van der Waals surface area contributed by atoms with E-state index in [0.29, 0.717) is 17.7 Å². The van der Waals surface area contributed by atoms with Gasteiger partial charge in [-0.05, 0) is 31.5 Å². The van der Waals surface area contributed by atoms with Crippen molar-refractivity contribution in [1.82, 2.24) is 10.2 Å². The second-order valence-corrected chi connectivity index (χ2v) is 7.29. The van der Waals surface area contributed by atoms with Crippen LogP contribution in [0.25, 0.3) is 0 Å². The first-order valence-corrected chi connectivity index (χ1v) is 8.52. The summed E-state index contributed by atoms with van der Waals surface area (Å²) in [5, 5.41) is 3.23. The fraction of sp³-hybridized carbons (Fsp3) is 0.500. The van der Waals surface area contributed by atoms with Crippen LogP contribution in [0, 0.1) is 6.92 Å². The Balaban J connectivity index is 2.36. The maximum atomic E-state index is 12.5. The van der Waals surface area contributed by atoms with E-state index < -0.39 is 9.84 Å². The molecule has 1 fully saturated rings. The van der Waals surface area contributed by atoms with Crippen LogP contribution >= 0.6 is 0 Å². The van der Waals surface area contributed by atoms with E-state index in [4.69, 9.17) is 0 Å². The van der Waals surface area contributed by atoms with Crippen molar-refractivity contribution in [2.45, 2.75) is 24.8 Å². The number of piperazine rings is 1. The molecule has 1 aliphatic rings. The van der Waals surface area contributed by atoms with Gasteiger partial charge in [-0.1, -0.05) is 6.07 Å². The van der Waals surface area contributed by atoms with Crippen molar-refractivity contribution in [1.29, 1.82) is 0 Å². The lowest BCUT2D eigenvalue weighted by molar-refractivity contribution is 0.0655. The average Bonchev–Trinajstić information content (AvgIpc) is 2.37. The fourth-order valence-corrected chi connectivity index (χ4v) is 3.44. The molecule has 0 spiro atoms. The lowest BCUT2D eigenvalue weighted by atomic mass is 10.1. The van der Waals surface area contributed by atoms with Gasteiger partial charge >= 0.3 is 0 Å². The number of aryl methyl sites for hydroxylation is 1. The zero-order chi connectivity index (χ0) is 14.9. The topological polar surface area (TPSA) is 66.5 Å². The number of nitrogens with one attached hydrogen (secondary N) is 1. The molecule has 6 heteroatoms. The number of rotatable bonds is 2. The van der Waals surface area contributed by atoms with Crippen molar-refractivity contribution in [2.24, 2.45) is 0 Å². The Morgan fingerprint density at radius 3 is 2.70 bits per heavy atom. The Labute approximate surface area is 119 Å². The Morgan fingerprint density at radius 2 is 2.10 bits per heavy atom. The lowest BCUT2D eigenvalue weighted by Gasteiger charge is -2.34. The molecule has 1 atom stereocenters. The minimum absolute atomic E-state index is 0.107. The van der Waals surface area contributed by atoms with Gasteiger partial charge in [0, 0.05) is 37.5 Å². The minimum Gasteiger partial charge on any atom is -0.333 e. The molecule has 1 aromatic carbocycles. The Hall–Kier alpha value is -1.40. The van der Waals surface area contributed by atoms with Gasteiger partial charge in [0.1, 0.15) is 0 Å². The van der Waals surface area contributed by atoms with Crippen LogP contribution in [0.15, 0.2) is 23.1 Å². The first-order valence-electron chi connectivity index (χ1n) is 6.63. The summed E-state index contributed by atoms with van der Waals surface area (Å²) in [4.78, 5) is 14.5. The first kappa shape index (κ1) is 15.0. The highest BCUT2D eigenvalue weighted by molar-refractivity contribution is 7.90. The van der Waals surface area contributed by atoms with E-state index in [1.54, 1.807) is 24.0 Å². The predicted molar refractivity (Wildman–Crippen MR) is 77.7 cm³/mol. The number of amides is 1. The molecule has 1 N–H and O–H groups in total. The number of nitrogens with zero attached hydrogens (tertiary/aromatic N) is 1. The van der Waals surface area contributed by atoms with Crippen LogP contribution in [0.3, 0.4) is 0 Å². The minimum atomic E-state index is -3.32. The Kier molecular flexibility index (Phi) is 4.15. The molecule has 0 bridgehead atoms. The Morgan fingerprint density at radius 1 is 1.40 bits per heavy atom. The van der Waals surface area contributed by atoms with Gasteiger partial charge in [0.05, 0.1) is 4.90 Å². The molecule has 0 radical (unpaired) electrons. The van der Waals surface area contributed by atoms with Gasteiger partial charge in [-0.15, -0.1) is 0 Å². The number of sulfone groups is 1. The summed E-state index contributed by atoms with van der Waals surface area (Å²) in [7, 11) is -3.32. The second-order valence-electron chi connectivity index (χ2n) is 5.30. The Bertz CT molecular complexity index is 625. The molecular weight excluding hydrogens is 276 g/mol. The summed E-state index contributed by atoms with van der Waals surface area (Å²) >= 11 is 0. The molecule has 1 unspecified atom stereocenters. The summed E-state index contributed by atoms with van der Waals surface area (Å²) in [5.41, 5.74) is 1.10. The van der Waals surface area contributed by atoms with Crippen LogP contribution in [0.5, 0.6) is 0 Å². The molecule has 0 aliphatic carbocycles. The largest absolute Gasteiger partial charge is 0.333 e. The van der Waals surface area contributed by atoms with Crippen LogP contribution in [-0.2, 0) is 9.84 Å². The van der Waals surface area contributed by atoms with Gasteiger partial charge in [-0.25, -0.2) is 8.42 Å². The number of carbonyl (C=O) groups is 1. The third-order valence-electron chi connectivity index (χ3n) is 3.60. The van der Waals surface area contributed by atoms with Crippen molar-refractivity contribution in [3.63, 3.8) is 0 Å². The highest BCUT2D eigenvalue weighted by Gasteiger charge is 2.25. The summed E-state index contributed by atoms with van der Waals surface area (Å²) in [6.07, 6.45) is 1.16. The smallest absolute Gasteiger partial charge is 0.254 e. The molecule has 1 saturated heterocycles. The quantitative estimate of drug-likeness (QED) is 0.878. The monoisotopic (exact) mass is 296 g/mol. The summed E-state index contributed by atoms with van der Waals surface area (Å²) in [6.45, 7) is 5.88. The van der Waals surface area contributed by atoms with E-state index in [2.05, 4.69) is 5.32 Å². The normalized spacial score (nSPS) is 19.9. The highest BCUT2D eigenvalue weighted by atomic mass is 32.2. The van der Waals surface area contributed by atoms with E-state index in [9.17, 15) is 13.2 Å². The summed E-state index contributed by atoms with van der Waals surface area (Å²) in [5.74, 6) is -0.107. The van der Waals surface area contributed by atoms with Crippen molar-refractivity contribution in [3.8, 4) is 0 Å². The van der Waals surface area contributed by atoms with E-state index in [0.717, 1.165) is 19.3 Å². The van der Waals surface area contributed by atoms with Crippen LogP contribution < -0.4 is 5.32 Å². The van der Waals surface area contributed by atoms with E-state index in [1.807, 2.05) is 6.92 Å². The van der Waals surface area contributed by atoms with Gasteiger partial charge < -0.3 is 10.2 Å². The third-order valence-corrected chi connectivity index (χ3v) is 4.84. The van der Waals surface area contributed by atoms with Crippen molar-refractivity contribution in [2.75, 3.05) is 25.9 Å². The van der Waals surface area contributed by atoms with E-state index in [-0.39, 0.29) is 16.8 Å². The van der Waals surface area contributed by atoms with Gasteiger partial charge in [-0.2, -0.15) is 0 Å². The zero-order valence-corrected chi connectivity index (χ0v) is 12.8. The standard InChI is InChI=1S/C14H20N2O3S/c1-10-4-5-12(8-13(10)20(3,18)19)14(17)16-7-6-15-9-11(16)2/h4-5,8,11,15H,6-7,9H2,1-3H3. The average molecular weight is 296 g/mol. The van der Waals surface area contributed by atoms with E-state index >= 15 is 0 Å². The van der Waals surface area contributed by atoms with Crippen LogP contribution in [0.4, 0.5) is 0 Å². The van der Waals surface area contributed by atoms with Crippen LogP contribution in [0.2, 0.25) is 0 Å². The SMILES string of the molecule is Cc1ccc(C(=O)N2CCNCC2C)cc1S(C)(=O)=O. The lowest BCUT2D eigenvalue weighted by Crippen LogP contribution is -2.52. The second kappa shape index (κ2) is 5.54. The summed E-state index contributed by atoms with van der Waals surface area (Å²) < 4.78 is 23.5. The molecule has 0 saturated carbocycles. The van der Waals surface area contributed by atoms with Gasteiger partial charge in [0.2, 0.25) is 0 Å². The van der Waals surface area contributed by atoms with E-state index in [1.165, 1.54) is 6.07 Å². The molecule has 2 rings (SSSR count). The summed E-state index contributed by atoms with van der Waals surface area (Å²) in [6, 6.07) is 4.98. The molecule has 110 valence electrons. The maximum Gasteiger partial charge on any atom is 0.254 e. The molecule has 20 heavy (non-hydrogen) atoms. The number of hydrogen-bond acceptors (Lipinski definition) is 4. The van der Waals surface area contributed by atoms with Crippen molar-refractivity contribution < 1.29 is 13.2 Å². The molecule has 1 aromatic rings. The third kappa shape index (κ3) is 3.02. The van der Waals surface area contributed by atoms with Crippen LogP contribution in [0.1, 0.15) is 22.8 Å². The molecule has 1 amide bonds. The molecule has 0 aromatic heterocycles. The predicted octanol–water partition coefficient (Wildman–Crippen LogP) is 0.832. The van der Waals surface area contributed by atoms with Crippen LogP contribution in [-0.4, -0.2) is 51.2 Å². The zero-order valence-electron chi connectivity index (χ0n) is 12.0. The van der Waals surface area contributed by atoms with Crippen molar-refractivity contribution in [3.05, 3.63) is 29.3 Å².